The Balaban J connectivity index is 1.29. The van der Waals surface area contributed by atoms with Crippen LogP contribution in [0.15, 0.2) is 42.7 Å². The van der Waals surface area contributed by atoms with Gasteiger partial charge in [-0.15, -0.1) is 0 Å². The summed E-state index contributed by atoms with van der Waals surface area (Å²) >= 11 is 0. The lowest BCUT2D eigenvalue weighted by atomic mass is 10.0. The summed E-state index contributed by atoms with van der Waals surface area (Å²) in [5.74, 6) is 2.88. The fraction of sp³-hybridized carbons (Fsp3) is 0.348. The summed E-state index contributed by atoms with van der Waals surface area (Å²) in [4.78, 5) is 26.3. The molecule has 0 spiro atoms. The monoisotopic (exact) mass is 415 g/mol. The number of hydrogen-bond donors (Lipinski definition) is 1. The smallest absolute Gasteiger partial charge is 0.270 e. The van der Waals surface area contributed by atoms with Gasteiger partial charge >= 0.3 is 0 Å². The number of aromatic nitrogens is 6. The van der Waals surface area contributed by atoms with E-state index in [2.05, 4.69) is 27.3 Å². The molecule has 8 nitrogen and oxygen atoms in total. The van der Waals surface area contributed by atoms with Crippen LogP contribution in [0.2, 0.25) is 0 Å². The molecule has 3 aromatic heterocycles. The highest BCUT2D eigenvalue weighted by atomic mass is 16.1. The molecule has 8 heteroatoms. The maximum Gasteiger partial charge on any atom is 0.270 e. The molecule has 5 rings (SSSR count). The quantitative estimate of drug-likeness (QED) is 0.541. The van der Waals surface area contributed by atoms with Gasteiger partial charge < -0.3 is 5.32 Å². The second-order valence-corrected chi connectivity index (χ2v) is 8.10. The van der Waals surface area contributed by atoms with Gasteiger partial charge in [-0.25, -0.2) is 19.6 Å². The second-order valence-electron chi connectivity index (χ2n) is 8.10. The van der Waals surface area contributed by atoms with Crippen molar-refractivity contribution in [1.82, 2.24) is 34.4 Å². The van der Waals surface area contributed by atoms with Gasteiger partial charge in [0.25, 0.3) is 5.91 Å². The number of aryl methyl sites for hydroxylation is 2. The van der Waals surface area contributed by atoms with Gasteiger partial charge in [-0.1, -0.05) is 38.1 Å². The summed E-state index contributed by atoms with van der Waals surface area (Å²) in [6.07, 6.45) is 6.29. The van der Waals surface area contributed by atoms with Crippen LogP contribution in [0.3, 0.4) is 0 Å². The lowest BCUT2D eigenvalue weighted by molar-refractivity contribution is 0.0944. The number of rotatable bonds is 5. The lowest BCUT2D eigenvalue weighted by Crippen LogP contribution is -2.25. The highest BCUT2D eigenvalue weighted by Gasteiger charge is 2.20. The van der Waals surface area contributed by atoms with Gasteiger partial charge in [0.15, 0.2) is 5.82 Å². The molecule has 0 unspecified atom stereocenters. The van der Waals surface area contributed by atoms with Crippen molar-refractivity contribution in [2.45, 2.75) is 46.2 Å². The molecular weight excluding hydrogens is 390 g/mol. The third kappa shape index (κ3) is 3.69. The third-order valence-electron chi connectivity index (χ3n) is 5.80. The molecule has 0 radical (unpaired) electrons. The number of benzene rings is 1. The normalized spacial score (nSPS) is 15.7. The van der Waals surface area contributed by atoms with E-state index < -0.39 is 0 Å². The fourth-order valence-corrected chi connectivity index (χ4v) is 4.04. The summed E-state index contributed by atoms with van der Waals surface area (Å²) in [6.45, 7) is 5.61. The Bertz CT molecular complexity index is 1240. The Morgan fingerprint density at radius 2 is 2.06 bits per heavy atom. The molecule has 0 bridgehead atoms. The maximum atomic E-state index is 12.9. The van der Waals surface area contributed by atoms with Gasteiger partial charge in [-0.2, -0.15) is 5.10 Å². The highest BCUT2D eigenvalue weighted by molar-refractivity contribution is 5.94. The molecule has 0 fully saturated rings. The summed E-state index contributed by atoms with van der Waals surface area (Å²) in [5, 5.41) is 7.67. The summed E-state index contributed by atoms with van der Waals surface area (Å²) in [5.41, 5.74) is 3.30. The molecule has 0 saturated heterocycles. The minimum absolute atomic E-state index is 0.154. The Morgan fingerprint density at radius 1 is 1.23 bits per heavy atom. The van der Waals surface area contributed by atoms with Crippen molar-refractivity contribution in [2.75, 3.05) is 0 Å². The van der Waals surface area contributed by atoms with Gasteiger partial charge in [-0.3, -0.25) is 9.20 Å². The summed E-state index contributed by atoms with van der Waals surface area (Å²) < 4.78 is 3.77. The Hall–Kier alpha value is -3.55. The first kappa shape index (κ1) is 19.4. The van der Waals surface area contributed by atoms with Crippen LogP contribution in [0.4, 0.5) is 0 Å². The van der Waals surface area contributed by atoms with Gasteiger partial charge in [-0.05, 0) is 30.4 Å². The SMILES string of the molecule is CCc1nc2ncccn2c1C(=O)NCc1ccc(-c2nc3n(n2)CC[C@H](C)C3)cc1. The first-order chi connectivity index (χ1) is 15.1. The maximum absolute atomic E-state index is 12.9. The van der Waals surface area contributed by atoms with Gasteiger partial charge in [0.05, 0.1) is 5.69 Å². The zero-order valence-corrected chi connectivity index (χ0v) is 17.7. The average molecular weight is 416 g/mol. The third-order valence-corrected chi connectivity index (χ3v) is 5.80. The Kier molecular flexibility index (Phi) is 4.97. The van der Waals surface area contributed by atoms with E-state index in [1.165, 1.54) is 0 Å². The van der Waals surface area contributed by atoms with Crippen molar-refractivity contribution in [3.63, 3.8) is 0 Å². The number of carbonyl (C=O) groups excluding carboxylic acids is 1. The van der Waals surface area contributed by atoms with Crippen LogP contribution in [0.1, 0.15) is 47.8 Å². The Labute approximate surface area is 180 Å². The number of hydrogen-bond acceptors (Lipinski definition) is 5. The van der Waals surface area contributed by atoms with E-state index in [1.807, 2.05) is 42.1 Å². The largest absolute Gasteiger partial charge is 0.347 e. The topological polar surface area (TPSA) is 90.0 Å². The lowest BCUT2D eigenvalue weighted by Gasteiger charge is -2.17. The average Bonchev–Trinajstić information content (AvgIpc) is 3.38. The first-order valence-electron chi connectivity index (χ1n) is 10.8. The van der Waals surface area contributed by atoms with E-state index >= 15 is 0 Å². The standard InChI is InChI=1S/C23H25N7O/c1-3-18-20(29-11-4-10-24-23(29)26-18)22(31)25-14-16-5-7-17(8-6-16)21-27-19-13-15(2)9-12-30(19)28-21/h4-8,10-11,15H,3,9,12-14H2,1-2H3,(H,25,31)/t15-/m0/s1. The van der Waals surface area contributed by atoms with Crippen LogP contribution in [0, 0.1) is 5.92 Å². The first-order valence-corrected chi connectivity index (χ1v) is 10.8. The molecule has 1 atom stereocenters. The van der Waals surface area contributed by atoms with Crippen molar-refractivity contribution >= 4 is 11.7 Å². The van der Waals surface area contributed by atoms with Crippen molar-refractivity contribution in [3.8, 4) is 11.4 Å². The number of nitrogens with zero attached hydrogens (tertiary/aromatic N) is 6. The molecule has 1 aliphatic heterocycles. The molecule has 0 saturated carbocycles. The minimum Gasteiger partial charge on any atom is -0.347 e. The second kappa shape index (κ2) is 7.94. The number of fused-ring (bicyclic) bond motifs is 2. The molecular formula is C23H25N7O. The van der Waals surface area contributed by atoms with E-state index in [-0.39, 0.29) is 5.91 Å². The van der Waals surface area contributed by atoms with E-state index in [9.17, 15) is 4.79 Å². The zero-order chi connectivity index (χ0) is 21.4. The van der Waals surface area contributed by atoms with Crippen LogP contribution >= 0.6 is 0 Å². The Morgan fingerprint density at radius 3 is 2.87 bits per heavy atom. The predicted molar refractivity (Wildman–Crippen MR) is 116 cm³/mol. The molecule has 0 aliphatic carbocycles. The van der Waals surface area contributed by atoms with Crippen LogP contribution in [0.5, 0.6) is 0 Å². The van der Waals surface area contributed by atoms with Crippen LogP contribution in [-0.2, 0) is 25.9 Å². The van der Waals surface area contributed by atoms with E-state index in [4.69, 9.17) is 4.98 Å². The number of amides is 1. The predicted octanol–water partition coefficient (Wildman–Crippen LogP) is 3.06. The zero-order valence-electron chi connectivity index (χ0n) is 17.7. The van der Waals surface area contributed by atoms with Crippen molar-refractivity contribution in [1.29, 1.82) is 0 Å². The molecule has 1 N–H and O–H groups in total. The van der Waals surface area contributed by atoms with Crippen LogP contribution in [-0.4, -0.2) is 35.0 Å². The van der Waals surface area contributed by atoms with Crippen molar-refractivity contribution < 1.29 is 4.79 Å². The van der Waals surface area contributed by atoms with Gasteiger partial charge in [0.2, 0.25) is 5.78 Å². The van der Waals surface area contributed by atoms with Crippen LogP contribution < -0.4 is 5.32 Å². The van der Waals surface area contributed by atoms with Crippen molar-refractivity contribution in [2.24, 2.45) is 5.92 Å². The van der Waals surface area contributed by atoms with Gasteiger partial charge in [0.1, 0.15) is 11.5 Å². The molecule has 4 heterocycles. The van der Waals surface area contributed by atoms with E-state index in [0.717, 1.165) is 47.9 Å². The number of carbonyl (C=O) groups is 1. The summed E-state index contributed by atoms with van der Waals surface area (Å²) in [7, 11) is 0. The van der Waals surface area contributed by atoms with E-state index in [0.29, 0.717) is 30.4 Å². The van der Waals surface area contributed by atoms with Gasteiger partial charge in [0, 0.05) is 37.5 Å². The number of imidazole rings is 1. The molecule has 1 aromatic carbocycles. The van der Waals surface area contributed by atoms with Crippen molar-refractivity contribution in [3.05, 3.63) is 65.5 Å². The molecule has 1 amide bonds. The molecule has 4 aromatic rings. The summed E-state index contributed by atoms with van der Waals surface area (Å²) in [6, 6.07) is 9.85. The number of nitrogens with one attached hydrogen (secondary N) is 1. The molecule has 31 heavy (non-hydrogen) atoms. The fourth-order valence-electron chi connectivity index (χ4n) is 4.04. The highest BCUT2D eigenvalue weighted by Crippen LogP contribution is 2.22. The molecule has 1 aliphatic rings. The minimum atomic E-state index is -0.154. The van der Waals surface area contributed by atoms with E-state index in [1.54, 1.807) is 16.7 Å². The van der Waals surface area contributed by atoms with Crippen LogP contribution in [0.25, 0.3) is 17.2 Å². The molecule has 158 valence electrons.